The van der Waals surface area contributed by atoms with Gasteiger partial charge in [0.15, 0.2) is 0 Å². The van der Waals surface area contributed by atoms with Crippen LogP contribution in [0.3, 0.4) is 0 Å². The van der Waals surface area contributed by atoms with Gasteiger partial charge >= 0.3 is 0 Å². The summed E-state index contributed by atoms with van der Waals surface area (Å²) in [4.78, 5) is 17.1. The molecule has 2 aliphatic heterocycles. The maximum absolute atomic E-state index is 12.8. The van der Waals surface area contributed by atoms with Crippen molar-refractivity contribution in [2.24, 2.45) is 0 Å². The Hall–Kier alpha value is -3.05. The van der Waals surface area contributed by atoms with E-state index in [2.05, 4.69) is 36.8 Å². The monoisotopic (exact) mass is 549 g/mol. The normalized spacial score (nSPS) is 17.2. The number of rotatable bonds is 9. The minimum atomic E-state index is -1.30. The van der Waals surface area contributed by atoms with Crippen molar-refractivity contribution >= 4 is 34.1 Å². The lowest BCUT2D eigenvalue weighted by Crippen LogP contribution is -2.45. The second kappa shape index (κ2) is 12.0. The van der Waals surface area contributed by atoms with Gasteiger partial charge in [0.1, 0.15) is 29.2 Å². The molecule has 10 heteroatoms. The van der Waals surface area contributed by atoms with Gasteiger partial charge in [-0.05, 0) is 76.7 Å². The number of benzene rings is 2. The third-order valence-electron chi connectivity index (χ3n) is 6.83. The number of nitrogens with zero attached hydrogens (tertiary/aromatic N) is 5. The van der Waals surface area contributed by atoms with Crippen LogP contribution in [0, 0.1) is 0 Å². The fraction of sp³-hybridized carbons (Fsp3) is 0.448. The van der Waals surface area contributed by atoms with Crippen LogP contribution < -0.4 is 19.7 Å². The van der Waals surface area contributed by atoms with E-state index in [1.165, 1.54) is 0 Å². The summed E-state index contributed by atoms with van der Waals surface area (Å²) in [5, 5.41) is 3.32. The first-order chi connectivity index (χ1) is 18.7. The number of likely N-dealkylation sites (N-methyl/N-ethyl adjacent to an activating group) is 1. The average Bonchev–Trinajstić information content (AvgIpc) is 3.33. The van der Waals surface area contributed by atoms with Gasteiger partial charge in [0.25, 0.3) is 0 Å². The van der Waals surface area contributed by atoms with Crippen LogP contribution >= 0.6 is 0 Å². The zero-order chi connectivity index (χ0) is 27.4. The number of piperazine rings is 1. The molecule has 208 valence electrons. The molecule has 3 heterocycles. The molecule has 1 unspecified atom stereocenters. The number of hydrogen-bond acceptors (Lipinski definition) is 8. The molecule has 0 amide bonds. The topological polar surface area (TPSA) is 85.9 Å². The molecule has 1 atom stereocenters. The molecule has 1 fully saturated rings. The maximum atomic E-state index is 12.8. The molecule has 1 aromatic heterocycles. The van der Waals surface area contributed by atoms with Gasteiger partial charge in [0.05, 0.1) is 4.90 Å². The Bertz CT molecular complexity index is 1290. The summed E-state index contributed by atoms with van der Waals surface area (Å²) in [6.07, 6.45) is 2.76. The van der Waals surface area contributed by atoms with Crippen LogP contribution in [-0.4, -0.2) is 82.4 Å². The quantitative estimate of drug-likeness (QED) is 0.415. The molecule has 9 nitrogen and oxygen atoms in total. The fourth-order valence-corrected chi connectivity index (χ4v) is 5.79. The summed E-state index contributed by atoms with van der Waals surface area (Å²) in [6.45, 7) is 12.9. The number of fused-ring (bicyclic) bond motifs is 1. The molecule has 2 N–H and O–H groups in total. The summed E-state index contributed by atoms with van der Waals surface area (Å²) in [5.41, 5.74) is 2.72. The average molecular weight is 550 g/mol. The molecular formula is C29H39N7O2S. The lowest BCUT2D eigenvalue weighted by Gasteiger charge is -2.32. The summed E-state index contributed by atoms with van der Waals surface area (Å²) >= 11 is 0. The Morgan fingerprint density at radius 1 is 1.03 bits per heavy atom. The van der Waals surface area contributed by atoms with Gasteiger partial charge in [0.2, 0.25) is 5.95 Å². The summed E-state index contributed by atoms with van der Waals surface area (Å²) in [7, 11) is 0.874. The van der Waals surface area contributed by atoms with Crippen molar-refractivity contribution in [1.29, 1.82) is 0 Å². The van der Waals surface area contributed by atoms with Crippen LogP contribution in [0.25, 0.3) is 0 Å². The first-order valence-corrected chi connectivity index (χ1v) is 14.7. The van der Waals surface area contributed by atoms with Crippen molar-refractivity contribution in [3.05, 3.63) is 60.3 Å². The zero-order valence-corrected chi connectivity index (χ0v) is 24.1. The van der Waals surface area contributed by atoms with E-state index < -0.39 is 11.0 Å². The Labute approximate surface area is 234 Å². The molecule has 5 rings (SSSR count). The molecule has 1 saturated heterocycles. The smallest absolute Gasteiger partial charge is 0.229 e. The molecule has 0 bridgehead atoms. The molecule has 0 spiro atoms. The van der Waals surface area contributed by atoms with Gasteiger partial charge in [0, 0.05) is 67.9 Å². The third-order valence-corrected chi connectivity index (χ3v) is 8.31. The molecule has 39 heavy (non-hydrogen) atoms. The van der Waals surface area contributed by atoms with Crippen LogP contribution in [0.4, 0.5) is 23.1 Å². The molecule has 0 radical (unpaired) electrons. The molecule has 0 aliphatic carbocycles. The summed E-state index contributed by atoms with van der Waals surface area (Å²) < 4.78 is 21.9. The Morgan fingerprint density at radius 2 is 1.79 bits per heavy atom. The standard InChI is InChI=1S/C29H39N7O2S/c1-29(2,3)33-39(37)26-7-5-6-24(20-26)36-13-12-22-21-30-28(32-27(22)36)31-23-8-10-25(11-9-23)38-19-18-35-16-14-34(4)15-17-35/h5-11,20-21,33H,12-19H2,1-4H3,(H,30,31,32). The van der Waals surface area contributed by atoms with E-state index in [9.17, 15) is 4.21 Å². The molecule has 2 aromatic carbocycles. The van der Waals surface area contributed by atoms with E-state index in [0.29, 0.717) is 12.6 Å². The van der Waals surface area contributed by atoms with Gasteiger partial charge in [-0.2, -0.15) is 4.98 Å². The van der Waals surface area contributed by atoms with Gasteiger partial charge in [-0.25, -0.2) is 13.9 Å². The van der Waals surface area contributed by atoms with E-state index in [4.69, 9.17) is 9.72 Å². The van der Waals surface area contributed by atoms with Gasteiger partial charge < -0.3 is 19.9 Å². The van der Waals surface area contributed by atoms with Crippen LogP contribution in [0.15, 0.2) is 59.6 Å². The number of aromatic nitrogens is 2. The largest absolute Gasteiger partial charge is 0.492 e. The summed E-state index contributed by atoms with van der Waals surface area (Å²) in [5.74, 6) is 2.27. The van der Waals surface area contributed by atoms with E-state index in [-0.39, 0.29) is 5.54 Å². The van der Waals surface area contributed by atoms with Crippen LogP contribution in [0.2, 0.25) is 0 Å². The van der Waals surface area contributed by atoms with E-state index in [1.54, 1.807) is 0 Å². The zero-order valence-electron chi connectivity index (χ0n) is 23.3. The second-order valence-corrected chi connectivity index (χ2v) is 12.4. The van der Waals surface area contributed by atoms with Crippen LogP contribution in [0.1, 0.15) is 26.3 Å². The predicted molar refractivity (Wildman–Crippen MR) is 158 cm³/mol. The SMILES string of the molecule is CN1CCN(CCOc2ccc(Nc3ncc4c(n3)N(c3cccc(S(=O)NC(C)(C)C)c3)CC4)cc2)CC1. The van der Waals surface area contributed by atoms with Crippen molar-refractivity contribution in [2.45, 2.75) is 37.6 Å². The van der Waals surface area contributed by atoms with Gasteiger partial charge in [-0.3, -0.25) is 4.90 Å². The lowest BCUT2D eigenvalue weighted by molar-refractivity contribution is 0.134. The molecular weight excluding hydrogens is 510 g/mol. The van der Waals surface area contributed by atoms with Crippen molar-refractivity contribution in [3.63, 3.8) is 0 Å². The molecule has 3 aromatic rings. The Balaban J connectivity index is 1.20. The number of hydrogen-bond donors (Lipinski definition) is 2. The predicted octanol–water partition coefficient (Wildman–Crippen LogP) is 3.95. The Morgan fingerprint density at radius 3 is 2.54 bits per heavy atom. The third kappa shape index (κ3) is 7.33. The molecule has 2 aliphatic rings. The minimum Gasteiger partial charge on any atom is -0.492 e. The maximum Gasteiger partial charge on any atom is 0.229 e. The van der Waals surface area contributed by atoms with Crippen LogP contribution in [-0.2, 0) is 17.4 Å². The molecule has 0 saturated carbocycles. The first-order valence-electron chi connectivity index (χ1n) is 13.6. The van der Waals surface area contributed by atoms with Crippen molar-refractivity contribution < 1.29 is 8.95 Å². The Kier molecular flexibility index (Phi) is 8.46. The van der Waals surface area contributed by atoms with E-state index >= 15 is 0 Å². The lowest BCUT2D eigenvalue weighted by atomic mass is 10.1. The van der Waals surface area contributed by atoms with E-state index in [1.807, 2.05) is 75.5 Å². The van der Waals surface area contributed by atoms with Crippen molar-refractivity contribution in [2.75, 3.05) is 63.1 Å². The highest BCUT2D eigenvalue weighted by Crippen LogP contribution is 2.34. The highest BCUT2D eigenvalue weighted by atomic mass is 32.2. The number of anilines is 4. The van der Waals surface area contributed by atoms with E-state index in [0.717, 1.165) is 79.1 Å². The van der Waals surface area contributed by atoms with Crippen molar-refractivity contribution in [1.82, 2.24) is 24.5 Å². The number of nitrogens with one attached hydrogen (secondary N) is 2. The second-order valence-electron chi connectivity index (χ2n) is 11.2. The van der Waals surface area contributed by atoms with Gasteiger partial charge in [-0.15, -0.1) is 0 Å². The van der Waals surface area contributed by atoms with Gasteiger partial charge in [-0.1, -0.05) is 6.07 Å². The van der Waals surface area contributed by atoms with Crippen LogP contribution in [0.5, 0.6) is 5.75 Å². The first kappa shape index (κ1) is 27.5. The highest BCUT2D eigenvalue weighted by Gasteiger charge is 2.24. The van der Waals surface area contributed by atoms with Crippen molar-refractivity contribution in [3.8, 4) is 5.75 Å². The number of ether oxygens (including phenoxy) is 1. The minimum absolute atomic E-state index is 0.246. The highest BCUT2D eigenvalue weighted by molar-refractivity contribution is 7.83. The summed E-state index contributed by atoms with van der Waals surface area (Å²) in [6, 6.07) is 15.8. The fourth-order valence-electron chi connectivity index (χ4n) is 4.69.